The molecule has 122 valence electrons. The number of hydrogen-bond donors (Lipinski definition) is 0. The van der Waals surface area contributed by atoms with Gasteiger partial charge in [0, 0.05) is 6.20 Å². The van der Waals surface area contributed by atoms with E-state index in [0.717, 1.165) is 11.3 Å². The molecular weight excluding hydrogens is 329 g/mol. The molecule has 0 atom stereocenters. The molecule has 0 fully saturated rings. The van der Waals surface area contributed by atoms with Crippen molar-refractivity contribution in [3.8, 4) is 5.75 Å². The average Bonchev–Trinajstić information content (AvgIpc) is 2.52. The third kappa shape index (κ3) is 10.9. The van der Waals surface area contributed by atoms with Crippen LogP contribution in [0.5, 0.6) is 5.75 Å². The molecule has 0 N–H and O–H groups in total. The number of allylic oxidation sites excluding steroid dienone is 1. The van der Waals surface area contributed by atoms with Gasteiger partial charge >= 0.3 is 51.4 Å². The topological polar surface area (TPSA) is 62.2 Å². The molecule has 0 amide bonds. The number of ether oxygens (including phenoxy) is 1. The first kappa shape index (κ1) is 23.2. The Kier molecular flexibility index (Phi) is 11.3. The summed E-state index contributed by atoms with van der Waals surface area (Å²) in [5.74, 6) is 0.654. The molecular formula is C19H22KNO3. The third-order valence-corrected chi connectivity index (χ3v) is 2.44. The second-order valence-electron chi connectivity index (χ2n) is 5.80. The Morgan fingerprint density at radius 2 is 1.83 bits per heavy atom. The molecule has 0 aliphatic carbocycles. The first-order valence-electron chi connectivity index (χ1n) is 7.27. The normalized spacial score (nSPS) is 10.4. The number of carbonyl (C=O) groups excluding carboxylic acids is 1. The number of rotatable bonds is 4. The first-order chi connectivity index (χ1) is 10.8. The van der Waals surface area contributed by atoms with Gasteiger partial charge in [0.05, 0.1) is 7.11 Å². The van der Waals surface area contributed by atoms with Crippen molar-refractivity contribution in [1.82, 2.24) is 4.98 Å². The fraction of sp³-hybridized carbons (Fsp3) is 0.263. The van der Waals surface area contributed by atoms with Crippen molar-refractivity contribution < 1.29 is 66.0 Å². The molecule has 1 heterocycles. The van der Waals surface area contributed by atoms with Gasteiger partial charge in [-0.05, 0) is 35.9 Å². The number of carbonyl (C=O) groups is 1. The van der Waals surface area contributed by atoms with Crippen molar-refractivity contribution in [3.63, 3.8) is 0 Å². The van der Waals surface area contributed by atoms with Crippen molar-refractivity contribution in [1.29, 1.82) is 0 Å². The molecule has 0 saturated carbocycles. The zero-order chi connectivity index (χ0) is 17.3. The summed E-state index contributed by atoms with van der Waals surface area (Å²) >= 11 is 0. The number of nitrogens with zero attached hydrogens (tertiary/aromatic N) is 1. The van der Waals surface area contributed by atoms with E-state index in [1.807, 2.05) is 24.3 Å². The maximum absolute atomic E-state index is 11.8. The van der Waals surface area contributed by atoms with Gasteiger partial charge in [0.1, 0.15) is 11.4 Å². The molecule has 0 bridgehead atoms. The van der Waals surface area contributed by atoms with Crippen LogP contribution in [0.25, 0.3) is 6.08 Å². The summed E-state index contributed by atoms with van der Waals surface area (Å²) < 4.78 is 5.12. The molecule has 0 unspecified atom stereocenters. The minimum absolute atomic E-state index is 0. The number of pyridine rings is 1. The minimum Gasteiger partial charge on any atom is -0.850 e. The SMILES string of the molecule is CC(C)(C)[O-].COc1cccc(C=CC(=O)c2ccccn2)c1.[K+]. The van der Waals surface area contributed by atoms with Crippen molar-refractivity contribution in [2.45, 2.75) is 26.4 Å². The summed E-state index contributed by atoms with van der Waals surface area (Å²) in [5, 5.41) is 10.1. The zero-order valence-electron chi connectivity index (χ0n) is 14.9. The van der Waals surface area contributed by atoms with Gasteiger partial charge in [-0.25, -0.2) is 0 Å². The number of hydrogen-bond acceptors (Lipinski definition) is 4. The predicted octanol–water partition coefficient (Wildman–Crippen LogP) is 0.136. The first-order valence-corrected chi connectivity index (χ1v) is 7.27. The molecule has 2 aromatic rings. The van der Waals surface area contributed by atoms with E-state index in [-0.39, 0.29) is 57.2 Å². The molecule has 0 aliphatic rings. The summed E-state index contributed by atoms with van der Waals surface area (Å²) in [6.45, 7) is 4.90. The Balaban J connectivity index is 0.000000777. The van der Waals surface area contributed by atoms with Crippen LogP contribution in [0, 0.1) is 0 Å². The van der Waals surface area contributed by atoms with Crippen molar-refractivity contribution in [3.05, 3.63) is 66.0 Å². The monoisotopic (exact) mass is 351 g/mol. The van der Waals surface area contributed by atoms with E-state index in [1.54, 1.807) is 58.4 Å². The second kappa shape index (κ2) is 11.7. The number of benzene rings is 1. The fourth-order valence-electron chi connectivity index (χ4n) is 1.51. The van der Waals surface area contributed by atoms with Crippen molar-refractivity contribution in [2.24, 2.45) is 0 Å². The van der Waals surface area contributed by atoms with Crippen LogP contribution in [-0.2, 0) is 0 Å². The molecule has 1 aromatic heterocycles. The van der Waals surface area contributed by atoms with Crippen LogP contribution in [0.3, 0.4) is 0 Å². The Labute approximate surface area is 186 Å². The van der Waals surface area contributed by atoms with Crippen molar-refractivity contribution in [2.75, 3.05) is 7.11 Å². The van der Waals surface area contributed by atoms with Crippen molar-refractivity contribution >= 4 is 11.9 Å². The standard InChI is InChI=1S/C15H13NO2.C4H9O.K/c1-18-13-6-4-5-12(11-13)8-9-15(17)14-7-2-3-10-16-14;1-4(2,3)5;/h2-11H,1H3;1-3H3;/q;-1;+1. The quantitative estimate of drug-likeness (QED) is 0.446. The maximum atomic E-state index is 11.8. The summed E-state index contributed by atoms with van der Waals surface area (Å²) in [6, 6.07) is 12.8. The Morgan fingerprint density at radius 3 is 2.38 bits per heavy atom. The third-order valence-electron chi connectivity index (χ3n) is 2.44. The van der Waals surface area contributed by atoms with Crippen LogP contribution in [0.1, 0.15) is 36.8 Å². The van der Waals surface area contributed by atoms with Crippen LogP contribution >= 0.6 is 0 Å². The van der Waals surface area contributed by atoms with Crippen LogP contribution in [0.2, 0.25) is 0 Å². The molecule has 0 saturated heterocycles. The number of aromatic nitrogens is 1. The Morgan fingerprint density at radius 1 is 1.17 bits per heavy atom. The summed E-state index contributed by atoms with van der Waals surface area (Å²) in [7, 11) is 1.61. The molecule has 0 radical (unpaired) electrons. The van der Waals surface area contributed by atoms with Crippen LogP contribution in [-0.4, -0.2) is 23.5 Å². The molecule has 0 aliphatic heterocycles. The van der Waals surface area contributed by atoms with E-state index in [4.69, 9.17) is 4.74 Å². The van der Waals surface area contributed by atoms with E-state index in [2.05, 4.69) is 4.98 Å². The van der Waals surface area contributed by atoms with Crippen LogP contribution < -0.4 is 61.2 Å². The zero-order valence-corrected chi connectivity index (χ0v) is 18.1. The molecule has 5 heteroatoms. The molecule has 24 heavy (non-hydrogen) atoms. The van der Waals surface area contributed by atoms with Gasteiger partial charge in [-0.1, -0.05) is 45.0 Å². The summed E-state index contributed by atoms with van der Waals surface area (Å²) in [4.78, 5) is 15.8. The fourth-order valence-corrected chi connectivity index (χ4v) is 1.51. The van der Waals surface area contributed by atoms with Gasteiger partial charge < -0.3 is 9.84 Å². The van der Waals surface area contributed by atoms with Crippen LogP contribution in [0.15, 0.2) is 54.7 Å². The van der Waals surface area contributed by atoms with Gasteiger partial charge in [0.15, 0.2) is 0 Å². The van der Waals surface area contributed by atoms with E-state index < -0.39 is 5.60 Å². The number of ketones is 1. The second-order valence-corrected chi connectivity index (χ2v) is 5.80. The smallest absolute Gasteiger partial charge is 0.850 e. The van der Waals surface area contributed by atoms with Gasteiger partial charge in [-0.15, -0.1) is 5.60 Å². The van der Waals surface area contributed by atoms with Gasteiger partial charge in [0.25, 0.3) is 0 Å². The Hall–Kier alpha value is -0.824. The summed E-state index contributed by atoms with van der Waals surface area (Å²) in [6.07, 6.45) is 4.86. The van der Waals surface area contributed by atoms with E-state index in [0.29, 0.717) is 5.69 Å². The molecule has 2 rings (SSSR count). The molecule has 4 nitrogen and oxygen atoms in total. The van der Waals surface area contributed by atoms with E-state index >= 15 is 0 Å². The van der Waals surface area contributed by atoms with Gasteiger partial charge in [-0.3, -0.25) is 9.78 Å². The van der Waals surface area contributed by atoms with Crippen LogP contribution in [0.4, 0.5) is 0 Å². The average molecular weight is 351 g/mol. The van der Waals surface area contributed by atoms with Gasteiger partial charge in [0.2, 0.25) is 5.78 Å². The summed E-state index contributed by atoms with van der Waals surface area (Å²) in [5.41, 5.74) is 0.607. The Bertz CT molecular complexity index is 643. The molecule has 1 aromatic carbocycles. The van der Waals surface area contributed by atoms with E-state index in [1.165, 1.54) is 6.08 Å². The minimum atomic E-state index is -0.750. The largest absolute Gasteiger partial charge is 1.00 e. The predicted molar refractivity (Wildman–Crippen MR) is 90.3 cm³/mol. The molecule has 0 spiro atoms. The maximum Gasteiger partial charge on any atom is 1.00 e. The van der Waals surface area contributed by atoms with Gasteiger partial charge in [-0.2, -0.15) is 0 Å². The van der Waals surface area contributed by atoms with E-state index in [9.17, 15) is 9.90 Å². The number of methoxy groups -OCH3 is 1.